The van der Waals surface area contributed by atoms with Gasteiger partial charge in [0.1, 0.15) is 13.2 Å². The predicted octanol–water partition coefficient (Wildman–Crippen LogP) is 21.3. The number of ether oxygens (including phenoxy) is 3. The lowest BCUT2D eigenvalue weighted by Gasteiger charge is -2.18. The van der Waals surface area contributed by atoms with Crippen molar-refractivity contribution in [1.82, 2.24) is 0 Å². The highest BCUT2D eigenvalue weighted by Gasteiger charge is 2.19. The Bertz CT molecular complexity index is 1740. The smallest absolute Gasteiger partial charge is 0.306 e. The molecule has 0 aromatic rings. The van der Waals surface area contributed by atoms with E-state index < -0.39 is 6.10 Å². The van der Waals surface area contributed by atoms with Crippen LogP contribution in [0.15, 0.2) is 158 Å². The van der Waals surface area contributed by atoms with E-state index in [0.717, 1.165) is 122 Å². The summed E-state index contributed by atoms with van der Waals surface area (Å²) in [5.74, 6) is -1.01. The molecular formula is C71H112O6. The van der Waals surface area contributed by atoms with E-state index in [4.69, 9.17) is 14.2 Å². The summed E-state index contributed by atoms with van der Waals surface area (Å²) in [5, 5.41) is 0. The Balaban J connectivity index is 4.51. The number of carbonyl (C=O) groups is 3. The van der Waals surface area contributed by atoms with Crippen molar-refractivity contribution in [3.8, 4) is 0 Å². The van der Waals surface area contributed by atoms with E-state index in [-0.39, 0.29) is 37.5 Å². The Morgan fingerprint density at radius 1 is 0.273 bits per heavy atom. The topological polar surface area (TPSA) is 78.9 Å². The second-order valence-corrected chi connectivity index (χ2v) is 19.8. The maximum atomic E-state index is 12.9. The van der Waals surface area contributed by atoms with Gasteiger partial charge in [-0.05, 0) is 148 Å². The van der Waals surface area contributed by atoms with Crippen LogP contribution in [0.4, 0.5) is 0 Å². The van der Waals surface area contributed by atoms with Gasteiger partial charge in [0, 0.05) is 19.3 Å². The Morgan fingerprint density at radius 2 is 0.506 bits per heavy atom. The van der Waals surface area contributed by atoms with Crippen molar-refractivity contribution >= 4 is 17.9 Å². The van der Waals surface area contributed by atoms with Gasteiger partial charge >= 0.3 is 17.9 Å². The molecule has 0 aliphatic rings. The molecule has 0 fully saturated rings. The summed E-state index contributed by atoms with van der Waals surface area (Å²) in [6, 6.07) is 0. The molecule has 0 aliphatic heterocycles. The zero-order valence-electron chi connectivity index (χ0n) is 49.4. The monoisotopic (exact) mass is 1060 g/mol. The Labute approximate surface area is 473 Å². The van der Waals surface area contributed by atoms with E-state index in [1.54, 1.807) is 0 Å². The van der Waals surface area contributed by atoms with E-state index >= 15 is 0 Å². The van der Waals surface area contributed by atoms with E-state index in [1.807, 2.05) is 0 Å². The second kappa shape index (κ2) is 63.6. The lowest BCUT2D eigenvalue weighted by Crippen LogP contribution is -2.30. The van der Waals surface area contributed by atoms with Crippen LogP contribution in [0, 0.1) is 0 Å². The molecule has 0 amide bonds. The van der Waals surface area contributed by atoms with Crippen LogP contribution in [-0.4, -0.2) is 37.2 Å². The fraction of sp³-hybridized carbons (Fsp3) is 0.592. The molecule has 0 heterocycles. The normalized spacial score (nSPS) is 13.2. The number of hydrogen-bond acceptors (Lipinski definition) is 6. The molecule has 0 aromatic heterocycles. The fourth-order valence-electron chi connectivity index (χ4n) is 7.91. The van der Waals surface area contributed by atoms with Gasteiger partial charge in [-0.1, -0.05) is 243 Å². The van der Waals surface area contributed by atoms with Gasteiger partial charge in [-0.2, -0.15) is 0 Å². The fourth-order valence-corrected chi connectivity index (χ4v) is 7.91. The summed E-state index contributed by atoms with van der Waals surface area (Å²) in [7, 11) is 0. The van der Waals surface area contributed by atoms with Crippen molar-refractivity contribution in [2.45, 2.75) is 258 Å². The van der Waals surface area contributed by atoms with Crippen molar-refractivity contribution in [2.75, 3.05) is 13.2 Å². The summed E-state index contributed by atoms with van der Waals surface area (Å²) < 4.78 is 16.8. The van der Waals surface area contributed by atoms with Gasteiger partial charge in [0.2, 0.25) is 0 Å². The summed E-state index contributed by atoms with van der Waals surface area (Å²) in [4.78, 5) is 38.2. The molecular weight excluding hydrogens is 949 g/mol. The first-order chi connectivity index (χ1) is 38.0. The summed E-state index contributed by atoms with van der Waals surface area (Å²) in [6.45, 7) is 6.32. The van der Waals surface area contributed by atoms with Gasteiger partial charge in [0.15, 0.2) is 6.10 Å². The van der Waals surface area contributed by atoms with Crippen LogP contribution in [0.3, 0.4) is 0 Å². The number of carbonyl (C=O) groups excluding carboxylic acids is 3. The largest absolute Gasteiger partial charge is 0.462 e. The number of hydrogen-bond donors (Lipinski definition) is 0. The highest BCUT2D eigenvalue weighted by atomic mass is 16.6. The molecule has 6 heteroatoms. The van der Waals surface area contributed by atoms with E-state index in [2.05, 4.69) is 179 Å². The maximum absolute atomic E-state index is 12.9. The van der Waals surface area contributed by atoms with Crippen LogP contribution >= 0.6 is 0 Å². The first-order valence-electron chi connectivity index (χ1n) is 31.0. The van der Waals surface area contributed by atoms with Gasteiger partial charge in [-0.25, -0.2) is 0 Å². The van der Waals surface area contributed by atoms with E-state index in [1.165, 1.54) is 77.0 Å². The lowest BCUT2D eigenvalue weighted by atomic mass is 10.1. The van der Waals surface area contributed by atoms with Gasteiger partial charge in [0.05, 0.1) is 0 Å². The van der Waals surface area contributed by atoms with Crippen molar-refractivity contribution in [2.24, 2.45) is 0 Å². The van der Waals surface area contributed by atoms with Gasteiger partial charge in [-0.3, -0.25) is 14.4 Å². The van der Waals surface area contributed by atoms with Gasteiger partial charge in [0.25, 0.3) is 0 Å². The van der Waals surface area contributed by atoms with Crippen molar-refractivity contribution in [3.63, 3.8) is 0 Å². The molecule has 0 aliphatic carbocycles. The van der Waals surface area contributed by atoms with Crippen LogP contribution in [0.5, 0.6) is 0 Å². The molecule has 0 saturated heterocycles. The molecule has 1 unspecified atom stereocenters. The van der Waals surface area contributed by atoms with E-state index in [0.29, 0.717) is 25.7 Å². The zero-order chi connectivity index (χ0) is 55.7. The molecule has 1 atom stereocenters. The molecule has 0 radical (unpaired) electrons. The number of unbranched alkanes of at least 4 members (excludes halogenated alkanes) is 17. The van der Waals surface area contributed by atoms with Crippen LogP contribution in [0.2, 0.25) is 0 Å². The number of rotatable bonds is 54. The molecule has 6 nitrogen and oxygen atoms in total. The van der Waals surface area contributed by atoms with Gasteiger partial charge in [-0.15, -0.1) is 0 Å². The van der Waals surface area contributed by atoms with Crippen LogP contribution < -0.4 is 0 Å². The van der Waals surface area contributed by atoms with Crippen molar-refractivity contribution < 1.29 is 28.6 Å². The van der Waals surface area contributed by atoms with Crippen molar-refractivity contribution in [1.29, 1.82) is 0 Å². The quantitative estimate of drug-likeness (QED) is 0.0261. The highest BCUT2D eigenvalue weighted by Crippen LogP contribution is 2.14. The zero-order valence-corrected chi connectivity index (χ0v) is 49.4. The molecule has 0 saturated carbocycles. The van der Waals surface area contributed by atoms with Crippen LogP contribution in [-0.2, 0) is 28.6 Å². The molecule has 77 heavy (non-hydrogen) atoms. The first-order valence-corrected chi connectivity index (χ1v) is 31.0. The third-order valence-electron chi connectivity index (χ3n) is 12.5. The molecule has 432 valence electrons. The third-order valence-corrected chi connectivity index (χ3v) is 12.5. The predicted molar refractivity (Wildman–Crippen MR) is 334 cm³/mol. The number of allylic oxidation sites excluding steroid dienone is 26. The van der Waals surface area contributed by atoms with Gasteiger partial charge < -0.3 is 14.2 Å². The summed E-state index contributed by atoms with van der Waals surface area (Å²) in [5.41, 5.74) is 0. The maximum Gasteiger partial charge on any atom is 0.306 e. The summed E-state index contributed by atoms with van der Waals surface area (Å²) in [6.07, 6.45) is 92.5. The first kappa shape index (κ1) is 72.0. The average Bonchev–Trinajstić information content (AvgIpc) is 3.43. The second-order valence-electron chi connectivity index (χ2n) is 19.8. The SMILES string of the molecule is CC/C=C\C/C=C\C/C=C\C/C=C\C/C=C\C/C=C\C/C=C\C/C=C\CCCCC(=O)OCC(COC(=O)CCCC/C=C\C/C=C\C/C=C\C/C=C\CC)OC(=O)CCCCCCCCC/C=C\CCCCCCCC. The number of esters is 3. The Hall–Kier alpha value is -4.97. The Kier molecular flexibility index (Phi) is 59.5. The minimum absolute atomic E-state index is 0.121. The molecule has 0 spiro atoms. The average molecular weight is 1060 g/mol. The minimum Gasteiger partial charge on any atom is -0.462 e. The standard InChI is InChI=1S/C71H112O6/c1-4-7-10-13-16-19-22-25-28-30-31-32-33-34-35-36-37-38-39-41-43-46-49-52-55-58-61-64-70(73)76-67-68(66-75-69(72)63-60-57-54-51-48-45-42-27-24-21-18-15-12-9-6-3)77-71(74)65-62-59-56-53-50-47-44-40-29-26-23-20-17-14-11-8-5-2/h7,9-10,12,16,18-19,21,25-29,31-32,34-35,37-38,41-43,48-49,51-52,68H,4-6,8,11,13-15,17,20,22-24,30,33,36,39-40,44-47,50,53-67H2,1-3H3/b10-7-,12-9-,19-16-,21-18-,28-25-,29-26-,32-31-,35-34-,38-37-,42-27-,43-41-,51-48-,52-49-. The minimum atomic E-state index is -0.824. The van der Waals surface area contributed by atoms with E-state index in [9.17, 15) is 14.4 Å². The van der Waals surface area contributed by atoms with Crippen LogP contribution in [0.25, 0.3) is 0 Å². The third kappa shape index (κ3) is 61.8. The molecule has 0 N–H and O–H groups in total. The Morgan fingerprint density at radius 3 is 0.831 bits per heavy atom. The lowest BCUT2D eigenvalue weighted by molar-refractivity contribution is -0.167. The van der Waals surface area contributed by atoms with Crippen LogP contribution in [0.1, 0.15) is 252 Å². The highest BCUT2D eigenvalue weighted by molar-refractivity contribution is 5.71. The molecule has 0 bridgehead atoms. The molecule has 0 rings (SSSR count). The molecule has 0 aromatic carbocycles. The van der Waals surface area contributed by atoms with Crippen molar-refractivity contribution in [3.05, 3.63) is 158 Å². The summed E-state index contributed by atoms with van der Waals surface area (Å²) >= 11 is 0.